The van der Waals surface area contributed by atoms with Crippen LogP contribution in [0.1, 0.15) is 53.4 Å². The quantitative estimate of drug-likeness (QED) is 0.706. The third-order valence-electron chi connectivity index (χ3n) is 2.96. The first-order chi connectivity index (χ1) is 7.05. The summed E-state index contributed by atoms with van der Waals surface area (Å²) in [5.41, 5.74) is 5.46. The van der Waals surface area contributed by atoms with Gasteiger partial charge >= 0.3 is 0 Å². The maximum absolute atomic E-state index is 12.2. The van der Waals surface area contributed by atoms with Gasteiger partial charge in [0, 0.05) is 13.1 Å². The van der Waals surface area contributed by atoms with Gasteiger partial charge in [0.2, 0.25) is 5.91 Å². The molecule has 15 heavy (non-hydrogen) atoms. The smallest absolute Gasteiger partial charge is 0.242 e. The molecular formula is C12H26N2O. The van der Waals surface area contributed by atoms with E-state index in [0.717, 1.165) is 25.9 Å². The lowest BCUT2D eigenvalue weighted by Gasteiger charge is -2.32. The number of carbonyl (C=O) groups excluding carboxylic acids is 1. The van der Waals surface area contributed by atoms with Crippen LogP contribution in [0.4, 0.5) is 0 Å². The standard InChI is InChI=1S/C12H26N2O/c1-5-9-14(10-6-2)11(15)12(13,7-3)8-4/h5-10,13H2,1-4H3. The highest BCUT2D eigenvalue weighted by atomic mass is 16.2. The lowest BCUT2D eigenvalue weighted by atomic mass is 9.92. The molecule has 90 valence electrons. The van der Waals surface area contributed by atoms with Crippen LogP contribution < -0.4 is 5.73 Å². The van der Waals surface area contributed by atoms with Crippen molar-refractivity contribution in [3.63, 3.8) is 0 Å². The van der Waals surface area contributed by atoms with Crippen molar-refractivity contribution in [3.05, 3.63) is 0 Å². The Balaban J connectivity index is 4.59. The van der Waals surface area contributed by atoms with Crippen molar-refractivity contribution in [3.8, 4) is 0 Å². The number of nitrogens with zero attached hydrogens (tertiary/aromatic N) is 1. The zero-order valence-electron chi connectivity index (χ0n) is 10.7. The van der Waals surface area contributed by atoms with Gasteiger partial charge in [0.1, 0.15) is 0 Å². The maximum atomic E-state index is 12.2. The molecule has 0 spiro atoms. The molecule has 0 aromatic rings. The second-order valence-electron chi connectivity index (χ2n) is 4.16. The third kappa shape index (κ3) is 3.82. The van der Waals surface area contributed by atoms with Crippen LogP contribution in [0.5, 0.6) is 0 Å². The summed E-state index contributed by atoms with van der Waals surface area (Å²) in [5, 5.41) is 0. The molecule has 0 atom stereocenters. The van der Waals surface area contributed by atoms with Crippen molar-refractivity contribution in [2.24, 2.45) is 5.73 Å². The van der Waals surface area contributed by atoms with Crippen LogP contribution in [0.2, 0.25) is 0 Å². The average Bonchev–Trinajstić information content (AvgIpc) is 2.26. The lowest BCUT2D eigenvalue weighted by molar-refractivity contribution is -0.137. The molecule has 0 aliphatic carbocycles. The minimum Gasteiger partial charge on any atom is -0.341 e. The Morgan fingerprint density at radius 2 is 1.47 bits per heavy atom. The second-order valence-corrected chi connectivity index (χ2v) is 4.16. The van der Waals surface area contributed by atoms with Crippen LogP contribution in [0.15, 0.2) is 0 Å². The van der Waals surface area contributed by atoms with Gasteiger partial charge in [-0.05, 0) is 25.7 Å². The van der Waals surface area contributed by atoms with Gasteiger partial charge in [0.05, 0.1) is 5.54 Å². The van der Waals surface area contributed by atoms with E-state index in [1.807, 2.05) is 18.7 Å². The summed E-state index contributed by atoms with van der Waals surface area (Å²) in [4.78, 5) is 14.1. The molecule has 0 saturated heterocycles. The Kier molecular flexibility index (Phi) is 6.57. The fourth-order valence-electron chi connectivity index (χ4n) is 1.72. The van der Waals surface area contributed by atoms with Crippen LogP contribution >= 0.6 is 0 Å². The number of amides is 1. The van der Waals surface area contributed by atoms with Gasteiger partial charge in [-0.15, -0.1) is 0 Å². The molecule has 0 heterocycles. The number of hydrogen-bond acceptors (Lipinski definition) is 2. The van der Waals surface area contributed by atoms with Gasteiger partial charge in [-0.2, -0.15) is 0 Å². The molecule has 0 bridgehead atoms. The SMILES string of the molecule is CCCN(CCC)C(=O)C(N)(CC)CC. The van der Waals surface area contributed by atoms with E-state index in [1.54, 1.807) is 0 Å². The van der Waals surface area contributed by atoms with Gasteiger partial charge in [-0.3, -0.25) is 4.79 Å². The van der Waals surface area contributed by atoms with Crippen LogP contribution in [-0.2, 0) is 4.79 Å². The minimum absolute atomic E-state index is 0.121. The molecule has 0 rings (SSSR count). The molecule has 0 radical (unpaired) electrons. The lowest BCUT2D eigenvalue weighted by Crippen LogP contribution is -2.55. The zero-order chi connectivity index (χ0) is 11.9. The van der Waals surface area contributed by atoms with E-state index >= 15 is 0 Å². The first-order valence-corrected chi connectivity index (χ1v) is 6.13. The van der Waals surface area contributed by atoms with E-state index < -0.39 is 5.54 Å². The fraction of sp³-hybridized carbons (Fsp3) is 0.917. The maximum Gasteiger partial charge on any atom is 0.242 e. The van der Waals surface area contributed by atoms with E-state index in [0.29, 0.717) is 12.8 Å². The summed E-state index contributed by atoms with van der Waals surface area (Å²) in [6.45, 7) is 9.80. The molecular weight excluding hydrogens is 188 g/mol. The Morgan fingerprint density at radius 3 is 1.73 bits per heavy atom. The van der Waals surface area contributed by atoms with Crippen molar-refractivity contribution in [1.29, 1.82) is 0 Å². The zero-order valence-corrected chi connectivity index (χ0v) is 10.7. The van der Waals surface area contributed by atoms with Crippen molar-refractivity contribution < 1.29 is 4.79 Å². The Morgan fingerprint density at radius 1 is 1.07 bits per heavy atom. The molecule has 0 saturated carbocycles. The highest BCUT2D eigenvalue weighted by Gasteiger charge is 2.33. The highest BCUT2D eigenvalue weighted by molar-refractivity contribution is 5.86. The summed E-state index contributed by atoms with van der Waals surface area (Å²) < 4.78 is 0. The first-order valence-electron chi connectivity index (χ1n) is 6.13. The number of rotatable bonds is 7. The number of nitrogens with two attached hydrogens (primary N) is 1. The molecule has 3 heteroatoms. The minimum atomic E-state index is -0.648. The normalized spacial score (nSPS) is 11.5. The molecule has 0 fully saturated rings. The van der Waals surface area contributed by atoms with Crippen LogP contribution in [0.25, 0.3) is 0 Å². The van der Waals surface area contributed by atoms with Crippen LogP contribution in [-0.4, -0.2) is 29.4 Å². The van der Waals surface area contributed by atoms with E-state index in [2.05, 4.69) is 13.8 Å². The third-order valence-corrected chi connectivity index (χ3v) is 2.96. The Labute approximate surface area is 94.0 Å². The molecule has 0 aromatic carbocycles. The summed E-state index contributed by atoms with van der Waals surface area (Å²) in [5.74, 6) is 0.121. The van der Waals surface area contributed by atoms with Gasteiger partial charge < -0.3 is 10.6 Å². The van der Waals surface area contributed by atoms with E-state index in [4.69, 9.17) is 5.73 Å². The average molecular weight is 214 g/mol. The highest BCUT2D eigenvalue weighted by Crippen LogP contribution is 2.15. The van der Waals surface area contributed by atoms with E-state index in [9.17, 15) is 4.79 Å². The number of hydrogen-bond donors (Lipinski definition) is 1. The molecule has 2 N–H and O–H groups in total. The largest absolute Gasteiger partial charge is 0.341 e. The van der Waals surface area contributed by atoms with Gasteiger partial charge in [-0.1, -0.05) is 27.7 Å². The summed E-state index contributed by atoms with van der Waals surface area (Å²) in [6.07, 6.45) is 3.42. The predicted molar refractivity (Wildman–Crippen MR) is 64.7 cm³/mol. The van der Waals surface area contributed by atoms with Crippen molar-refractivity contribution in [1.82, 2.24) is 4.90 Å². The van der Waals surface area contributed by atoms with Gasteiger partial charge in [-0.25, -0.2) is 0 Å². The summed E-state index contributed by atoms with van der Waals surface area (Å²) >= 11 is 0. The van der Waals surface area contributed by atoms with Crippen LogP contribution in [0, 0.1) is 0 Å². The Bertz CT molecular complexity index is 182. The second kappa shape index (κ2) is 6.83. The Hall–Kier alpha value is -0.570. The van der Waals surface area contributed by atoms with Gasteiger partial charge in [0.25, 0.3) is 0 Å². The van der Waals surface area contributed by atoms with Gasteiger partial charge in [0.15, 0.2) is 0 Å². The monoisotopic (exact) mass is 214 g/mol. The molecule has 0 aliphatic rings. The topological polar surface area (TPSA) is 46.3 Å². The molecule has 0 aliphatic heterocycles. The first kappa shape index (κ1) is 14.4. The summed E-state index contributed by atoms with van der Waals surface area (Å²) in [6, 6.07) is 0. The van der Waals surface area contributed by atoms with Crippen molar-refractivity contribution in [2.75, 3.05) is 13.1 Å². The molecule has 1 amide bonds. The predicted octanol–water partition coefficient (Wildman–Crippen LogP) is 2.15. The summed E-state index contributed by atoms with van der Waals surface area (Å²) in [7, 11) is 0. The number of carbonyl (C=O) groups is 1. The van der Waals surface area contributed by atoms with E-state index in [-0.39, 0.29) is 5.91 Å². The van der Waals surface area contributed by atoms with Crippen LogP contribution in [0.3, 0.4) is 0 Å². The molecule has 3 nitrogen and oxygen atoms in total. The molecule has 0 unspecified atom stereocenters. The van der Waals surface area contributed by atoms with Crippen molar-refractivity contribution >= 4 is 5.91 Å². The van der Waals surface area contributed by atoms with Crippen molar-refractivity contribution in [2.45, 2.75) is 58.9 Å². The molecule has 0 aromatic heterocycles. The van der Waals surface area contributed by atoms with E-state index in [1.165, 1.54) is 0 Å². The fourth-order valence-corrected chi connectivity index (χ4v) is 1.72.